The van der Waals surface area contributed by atoms with Gasteiger partial charge in [-0.1, -0.05) is 0 Å². The van der Waals surface area contributed by atoms with Crippen LogP contribution in [0.25, 0.3) is 0 Å². The number of carbonyl (C=O) groups is 1. The van der Waals surface area contributed by atoms with Gasteiger partial charge in [-0.15, -0.1) is 0 Å². The highest BCUT2D eigenvalue weighted by molar-refractivity contribution is 5.81. The van der Waals surface area contributed by atoms with Crippen LogP contribution in [0.2, 0.25) is 0 Å². The van der Waals surface area contributed by atoms with Gasteiger partial charge in [0.1, 0.15) is 11.9 Å². The summed E-state index contributed by atoms with van der Waals surface area (Å²) in [6.07, 6.45) is 1.20. The van der Waals surface area contributed by atoms with Gasteiger partial charge in [0.25, 0.3) is 5.91 Å². The van der Waals surface area contributed by atoms with Gasteiger partial charge >= 0.3 is 0 Å². The van der Waals surface area contributed by atoms with Crippen LogP contribution >= 0.6 is 0 Å². The third-order valence-electron chi connectivity index (χ3n) is 2.24. The second kappa shape index (κ2) is 4.95. The largest absolute Gasteiger partial charge is 0.467 e. The smallest absolute Gasteiger partial charge is 0.250 e. The SMILES string of the molecule is O=C(NCc1ccco1)[C@H]1CNCCO1. The van der Waals surface area contributed by atoms with Gasteiger partial charge in [-0.3, -0.25) is 4.79 Å². The zero-order valence-electron chi connectivity index (χ0n) is 8.36. The number of rotatable bonds is 3. The van der Waals surface area contributed by atoms with Crippen LogP contribution in [-0.2, 0) is 16.1 Å². The number of morpholine rings is 1. The molecule has 1 aromatic rings. The molecule has 5 nitrogen and oxygen atoms in total. The quantitative estimate of drug-likeness (QED) is 0.730. The molecular formula is C10H14N2O3. The topological polar surface area (TPSA) is 63.5 Å². The first-order valence-electron chi connectivity index (χ1n) is 4.98. The summed E-state index contributed by atoms with van der Waals surface area (Å²) < 4.78 is 10.4. The number of amides is 1. The molecule has 0 saturated carbocycles. The van der Waals surface area contributed by atoms with Crippen LogP contribution in [-0.4, -0.2) is 31.7 Å². The van der Waals surface area contributed by atoms with Crippen molar-refractivity contribution in [1.29, 1.82) is 0 Å². The lowest BCUT2D eigenvalue weighted by Crippen LogP contribution is -2.47. The molecule has 1 amide bonds. The van der Waals surface area contributed by atoms with E-state index in [0.29, 0.717) is 19.7 Å². The molecule has 1 aliphatic heterocycles. The van der Waals surface area contributed by atoms with E-state index >= 15 is 0 Å². The minimum atomic E-state index is -0.381. The summed E-state index contributed by atoms with van der Waals surface area (Å²) in [4.78, 5) is 11.6. The molecule has 2 rings (SSSR count). The van der Waals surface area contributed by atoms with Gasteiger partial charge in [-0.2, -0.15) is 0 Å². The van der Waals surface area contributed by atoms with Gasteiger partial charge in [-0.25, -0.2) is 0 Å². The lowest BCUT2D eigenvalue weighted by molar-refractivity contribution is -0.134. The Labute approximate surface area is 87.8 Å². The van der Waals surface area contributed by atoms with Crippen LogP contribution in [0.3, 0.4) is 0 Å². The molecule has 2 N–H and O–H groups in total. The highest BCUT2D eigenvalue weighted by Gasteiger charge is 2.21. The normalized spacial score (nSPS) is 21.2. The predicted octanol–water partition coefficient (Wildman–Crippen LogP) is -0.116. The molecule has 5 heteroatoms. The van der Waals surface area contributed by atoms with Gasteiger partial charge in [0.15, 0.2) is 0 Å². The number of furan rings is 1. The molecule has 1 atom stereocenters. The minimum Gasteiger partial charge on any atom is -0.467 e. The van der Waals surface area contributed by atoms with Crippen molar-refractivity contribution in [3.05, 3.63) is 24.2 Å². The highest BCUT2D eigenvalue weighted by atomic mass is 16.5. The van der Waals surface area contributed by atoms with E-state index < -0.39 is 0 Å². The fourth-order valence-electron chi connectivity index (χ4n) is 1.44. The summed E-state index contributed by atoms with van der Waals surface area (Å²) in [6, 6.07) is 3.61. The molecule has 0 unspecified atom stereocenters. The Hall–Kier alpha value is -1.33. The summed E-state index contributed by atoms with van der Waals surface area (Å²) in [7, 11) is 0. The van der Waals surface area contributed by atoms with Crippen LogP contribution in [0.1, 0.15) is 5.76 Å². The van der Waals surface area contributed by atoms with E-state index in [0.717, 1.165) is 12.3 Å². The van der Waals surface area contributed by atoms with Gasteiger partial charge in [0.05, 0.1) is 19.4 Å². The zero-order valence-corrected chi connectivity index (χ0v) is 8.36. The van der Waals surface area contributed by atoms with Gasteiger partial charge in [0.2, 0.25) is 0 Å². The molecular weight excluding hydrogens is 196 g/mol. The summed E-state index contributed by atoms with van der Waals surface area (Å²) in [5, 5.41) is 5.86. The van der Waals surface area contributed by atoms with E-state index in [-0.39, 0.29) is 12.0 Å². The van der Waals surface area contributed by atoms with Crippen molar-refractivity contribution in [3.8, 4) is 0 Å². The fourth-order valence-corrected chi connectivity index (χ4v) is 1.44. The number of hydrogen-bond donors (Lipinski definition) is 2. The Morgan fingerprint density at radius 1 is 1.67 bits per heavy atom. The van der Waals surface area contributed by atoms with Crippen LogP contribution < -0.4 is 10.6 Å². The Morgan fingerprint density at radius 3 is 3.27 bits per heavy atom. The molecule has 0 bridgehead atoms. The van der Waals surface area contributed by atoms with Crippen molar-refractivity contribution in [2.24, 2.45) is 0 Å². The predicted molar refractivity (Wildman–Crippen MR) is 53.2 cm³/mol. The molecule has 1 aliphatic rings. The maximum Gasteiger partial charge on any atom is 0.250 e. The Kier molecular flexibility index (Phi) is 3.37. The van der Waals surface area contributed by atoms with E-state index in [4.69, 9.17) is 9.15 Å². The van der Waals surface area contributed by atoms with Crippen LogP contribution in [0.5, 0.6) is 0 Å². The third kappa shape index (κ3) is 2.81. The number of hydrogen-bond acceptors (Lipinski definition) is 4. The highest BCUT2D eigenvalue weighted by Crippen LogP contribution is 2.00. The maximum atomic E-state index is 11.6. The molecule has 1 saturated heterocycles. The van der Waals surface area contributed by atoms with E-state index in [1.165, 1.54) is 0 Å². The number of carbonyl (C=O) groups excluding carboxylic acids is 1. The maximum absolute atomic E-state index is 11.6. The van der Waals surface area contributed by atoms with Gasteiger partial charge in [0, 0.05) is 13.1 Å². The van der Waals surface area contributed by atoms with Crippen LogP contribution in [0, 0.1) is 0 Å². The molecule has 0 radical (unpaired) electrons. The van der Waals surface area contributed by atoms with Crippen molar-refractivity contribution in [2.45, 2.75) is 12.6 Å². The molecule has 0 aromatic carbocycles. The Balaban J connectivity index is 1.76. The number of ether oxygens (including phenoxy) is 1. The fraction of sp³-hybridized carbons (Fsp3) is 0.500. The van der Waals surface area contributed by atoms with Crippen LogP contribution in [0.15, 0.2) is 22.8 Å². The van der Waals surface area contributed by atoms with Crippen molar-refractivity contribution >= 4 is 5.91 Å². The van der Waals surface area contributed by atoms with Crippen molar-refractivity contribution in [3.63, 3.8) is 0 Å². The summed E-state index contributed by atoms with van der Waals surface area (Å²) in [5.74, 6) is 0.644. The van der Waals surface area contributed by atoms with E-state index in [9.17, 15) is 4.79 Å². The van der Waals surface area contributed by atoms with Gasteiger partial charge in [-0.05, 0) is 12.1 Å². The molecule has 2 heterocycles. The van der Waals surface area contributed by atoms with Crippen molar-refractivity contribution in [1.82, 2.24) is 10.6 Å². The minimum absolute atomic E-state index is 0.0985. The lowest BCUT2D eigenvalue weighted by atomic mass is 10.3. The molecule has 82 valence electrons. The number of nitrogens with one attached hydrogen (secondary N) is 2. The van der Waals surface area contributed by atoms with E-state index in [1.54, 1.807) is 12.3 Å². The molecule has 1 aromatic heterocycles. The zero-order chi connectivity index (χ0) is 10.5. The average Bonchev–Trinajstić information content (AvgIpc) is 2.80. The van der Waals surface area contributed by atoms with Crippen molar-refractivity contribution in [2.75, 3.05) is 19.7 Å². The second-order valence-corrected chi connectivity index (χ2v) is 3.36. The summed E-state index contributed by atoms with van der Waals surface area (Å²) >= 11 is 0. The van der Waals surface area contributed by atoms with E-state index in [1.807, 2.05) is 6.07 Å². The molecule has 0 spiro atoms. The van der Waals surface area contributed by atoms with E-state index in [2.05, 4.69) is 10.6 Å². The average molecular weight is 210 g/mol. The summed E-state index contributed by atoms with van der Waals surface area (Å²) in [5.41, 5.74) is 0. The Bertz CT molecular complexity index is 304. The Morgan fingerprint density at radius 2 is 2.60 bits per heavy atom. The molecule has 0 aliphatic carbocycles. The first-order chi connectivity index (χ1) is 7.36. The lowest BCUT2D eigenvalue weighted by Gasteiger charge is -2.22. The standard InChI is InChI=1S/C10H14N2O3/c13-10(9-7-11-3-5-15-9)12-6-8-2-1-4-14-8/h1-2,4,9,11H,3,5-7H2,(H,12,13)/t9-/m1/s1. The second-order valence-electron chi connectivity index (χ2n) is 3.36. The van der Waals surface area contributed by atoms with Crippen molar-refractivity contribution < 1.29 is 13.9 Å². The first kappa shape index (κ1) is 10.2. The molecule has 1 fully saturated rings. The van der Waals surface area contributed by atoms with Gasteiger partial charge < -0.3 is 19.8 Å². The molecule has 15 heavy (non-hydrogen) atoms. The third-order valence-corrected chi connectivity index (χ3v) is 2.24. The first-order valence-corrected chi connectivity index (χ1v) is 4.98. The van der Waals surface area contributed by atoms with Crippen LogP contribution in [0.4, 0.5) is 0 Å². The monoisotopic (exact) mass is 210 g/mol. The summed E-state index contributed by atoms with van der Waals surface area (Å²) in [6.45, 7) is 2.37.